The van der Waals surface area contributed by atoms with Crippen molar-refractivity contribution in [2.45, 2.75) is 53.1 Å². The lowest BCUT2D eigenvalue weighted by Gasteiger charge is -2.16. The average Bonchev–Trinajstić information content (AvgIpc) is 2.47. The molecule has 0 amide bonds. The molecule has 0 aromatic carbocycles. The van der Waals surface area contributed by atoms with Crippen LogP contribution >= 0.6 is 0 Å². The lowest BCUT2D eigenvalue weighted by molar-refractivity contribution is 0.118. The molecule has 0 bridgehead atoms. The van der Waals surface area contributed by atoms with Crippen molar-refractivity contribution in [1.29, 1.82) is 0 Å². The Bertz CT molecular complexity index is 142. The van der Waals surface area contributed by atoms with Gasteiger partial charge in [0.15, 0.2) is 0 Å². The third-order valence-corrected chi connectivity index (χ3v) is 3.45. The van der Waals surface area contributed by atoms with E-state index in [1.165, 1.54) is 19.3 Å². The van der Waals surface area contributed by atoms with E-state index in [1.807, 2.05) is 0 Å². The predicted molar refractivity (Wildman–Crippen MR) is 56.8 cm³/mol. The molecule has 3 atom stereocenters. The van der Waals surface area contributed by atoms with Gasteiger partial charge in [0.1, 0.15) is 0 Å². The molecule has 1 aliphatic heterocycles. The molecule has 0 aliphatic carbocycles. The largest absolute Gasteiger partial charge is 0.378 e. The van der Waals surface area contributed by atoms with Crippen molar-refractivity contribution in [2.75, 3.05) is 6.61 Å². The van der Waals surface area contributed by atoms with Crippen molar-refractivity contribution in [2.24, 2.45) is 17.8 Å². The first kappa shape index (κ1) is 11.0. The van der Waals surface area contributed by atoms with Gasteiger partial charge in [-0.05, 0) is 37.5 Å². The van der Waals surface area contributed by atoms with Gasteiger partial charge >= 0.3 is 0 Å². The van der Waals surface area contributed by atoms with Crippen molar-refractivity contribution in [1.82, 2.24) is 0 Å². The Morgan fingerprint density at radius 2 is 2.00 bits per heavy atom. The van der Waals surface area contributed by atoms with Gasteiger partial charge < -0.3 is 4.74 Å². The molecule has 1 aliphatic rings. The fraction of sp³-hybridized carbons (Fsp3) is 1.00. The van der Waals surface area contributed by atoms with Gasteiger partial charge in [-0.25, -0.2) is 0 Å². The topological polar surface area (TPSA) is 9.23 Å². The highest BCUT2D eigenvalue weighted by Crippen LogP contribution is 2.26. The van der Waals surface area contributed by atoms with Gasteiger partial charge in [-0.1, -0.05) is 27.2 Å². The van der Waals surface area contributed by atoms with Gasteiger partial charge in [-0.15, -0.1) is 0 Å². The number of hydrogen-bond acceptors (Lipinski definition) is 1. The lowest BCUT2D eigenvalue weighted by atomic mass is 9.89. The van der Waals surface area contributed by atoms with Crippen LogP contribution in [-0.2, 0) is 4.74 Å². The highest BCUT2D eigenvalue weighted by atomic mass is 16.5. The number of ether oxygens (including phenoxy) is 1. The third-order valence-electron chi connectivity index (χ3n) is 3.45. The van der Waals surface area contributed by atoms with Crippen molar-refractivity contribution >= 4 is 0 Å². The van der Waals surface area contributed by atoms with E-state index in [1.54, 1.807) is 0 Å². The SMILES string of the molecule is CC(C)[C@@H](C)CC[C@@H]1CO[C@H](C)C1. The Kier molecular flexibility index (Phi) is 4.24. The molecule has 0 unspecified atom stereocenters. The second-order valence-electron chi connectivity index (χ2n) is 5.04. The zero-order valence-electron chi connectivity index (χ0n) is 9.55. The van der Waals surface area contributed by atoms with Crippen molar-refractivity contribution in [3.8, 4) is 0 Å². The van der Waals surface area contributed by atoms with Crippen LogP contribution in [0.25, 0.3) is 0 Å². The summed E-state index contributed by atoms with van der Waals surface area (Å²) in [6.45, 7) is 10.2. The summed E-state index contributed by atoms with van der Waals surface area (Å²) in [7, 11) is 0. The van der Waals surface area contributed by atoms with Gasteiger partial charge in [0.05, 0.1) is 6.10 Å². The summed E-state index contributed by atoms with van der Waals surface area (Å²) >= 11 is 0. The molecule has 1 heteroatoms. The minimum Gasteiger partial charge on any atom is -0.378 e. The zero-order chi connectivity index (χ0) is 9.84. The molecular weight excluding hydrogens is 160 g/mol. The Morgan fingerprint density at radius 3 is 2.46 bits per heavy atom. The highest BCUT2D eigenvalue weighted by Gasteiger charge is 2.22. The van der Waals surface area contributed by atoms with Gasteiger partial charge in [0.2, 0.25) is 0 Å². The van der Waals surface area contributed by atoms with E-state index in [9.17, 15) is 0 Å². The zero-order valence-corrected chi connectivity index (χ0v) is 9.55. The molecule has 78 valence electrons. The fourth-order valence-electron chi connectivity index (χ4n) is 1.94. The number of rotatable bonds is 4. The van der Waals surface area contributed by atoms with Crippen LogP contribution in [0.1, 0.15) is 47.0 Å². The van der Waals surface area contributed by atoms with Crippen molar-refractivity contribution < 1.29 is 4.74 Å². The quantitative estimate of drug-likeness (QED) is 0.650. The van der Waals surface area contributed by atoms with Gasteiger partial charge in [-0.2, -0.15) is 0 Å². The number of hydrogen-bond donors (Lipinski definition) is 0. The Balaban J connectivity index is 2.12. The lowest BCUT2D eigenvalue weighted by Crippen LogP contribution is -2.08. The highest BCUT2D eigenvalue weighted by molar-refractivity contribution is 4.71. The summed E-state index contributed by atoms with van der Waals surface area (Å²) in [5.74, 6) is 2.55. The smallest absolute Gasteiger partial charge is 0.0550 e. The summed E-state index contributed by atoms with van der Waals surface area (Å²) in [6, 6.07) is 0. The molecule has 0 spiro atoms. The molecule has 1 rings (SSSR count). The molecule has 0 aromatic rings. The van der Waals surface area contributed by atoms with Crippen LogP contribution in [0.3, 0.4) is 0 Å². The molecular formula is C12H24O. The molecule has 0 radical (unpaired) electrons. The second kappa shape index (κ2) is 4.99. The second-order valence-corrected chi connectivity index (χ2v) is 5.04. The normalized spacial score (nSPS) is 31.2. The van der Waals surface area contributed by atoms with Crippen LogP contribution in [0.2, 0.25) is 0 Å². The summed E-state index contributed by atoms with van der Waals surface area (Å²) in [6.07, 6.45) is 4.53. The minimum atomic E-state index is 0.513. The van der Waals surface area contributed by atoms with Crippen LogP contribution in [-0.4, -0.2) is 12.7 Å². The van der Waals surface area contributed by atoms with Crippen LogP contribution in [0.15, 0.2) is 0 Å². The third kappa shape index (κ3) is 3.68. The molecule has 1 heterocycles. The predicted octanol–water partition coefficient (Wildman–Crippen LogP) is 3.48. The fourth-order valence-corrected chi connectivity index (χ4v) is 1.94. The van der Waals surface area contributed by atoms with E-state index in [0.717, 1.165) is 24.4 Å². The molecule has 1 saturated heterocycles. The van der Waals surface area contributed by atoms with Crippen LogP contribution in [0, 0.1) is 17.8 Å². The molecule has 1 nitrogen and oxygen atoms in total. The average molecular weight is 184 g/mol. The molecule has 0 N–H and O–H groups in total. The Morgan fingerprint density at radius 1 is 1.31 bits per heavy atom. The summed E-state index contributed by atoms with van der Waals surface area (Å²) < 4.78 is 5.56. The van der Waals surface area contributed by atoms with E-state index in [0.29, 0.717) is 6.10 Å². The first-order valence-corrected chi connectivity index (χ1v) is 5.71. The van der Waals surface area contributed by atoms with Gasteiger partial charge in [0, 0.05) is 6.61 Å². The maximum atomic E-state index is 5.56. The summed E-state index contributed by atoms with van der Waals surface area (Å²) in [5, 5.41) is 0. The first-order chi connectivity index (χ1) is 6.09. The van der Waals surface area contributed by atoms with Crippen LogP contribution in [0.5, 0.6) is 0 Å². The first-order valence-electron chi connectivity index (χ1n) is 5.71. The van der Waals surface area contributed by atoms with E-state index in [-0.39, 0.29) is 0 Å². The maximum absolute atomic E-state index is 5.56. The van der Waals surface area contributed by atoms with E-state index in [4.69, 9.17) is 4.74 Å². The maximum Gasteiger partial charge on any atom is 0.0550 e. The minimum absolute atomic E-state index is 0.513. The molecule has 1 fully saturated rings. The van der Waals surface area contributed by atoms with Gasteiger partial charge in [-0.3, -0.25) is 0 Å². The van der Waals surface area contributed by atoms with Crippen LogP contribution < -0.4 is 0 Å². The van der Waals surface area contributed by atoms with Crippen molar-refractivity contribution in [3.05, 3.63) is 0 Å². The van der Waals surface area contributed by atoms with Crippen LogP contribution in [0.4, 0.5) is 0 Å². The Hall–Kier alpha value is -0.0400. The van der Waals surface area contributed by atoms with E-state index in [2.05, 4.69) is 27.7 Å². The van der Waals surface area contributed by atoms with Gasteiger partial charge in [0.25, 0.3) is 0 Å². The molecule has 13 heavy (non-hydrogen) atoms. The monoisotopic (exact) mass is 184 g/mol. The van der Waals surface area contributed by atoms with Crippen molar-refractivity contribution in [3.63, 3.8) is 0 Å². The Labute approximate surface area is 82.9 Å². The van der Waals surface area contributed by atoms with E-state index < -0.39 is 0 Å². The summed E-state index contributed by atoms with van der Waals surface area (Å²) in [4.78, 5) is 0. The summed E-state index contributed by atoms with van der Waals surface area (Å²) in [5.41, 5.74) is 0. The van der Waals surface area contributed by atoms with E-state index >= 15 is 0 Å². The molecule has 0 aromatic heterocycles. The molecule has 0 saturated carbocycles. The standard InChI is InChI=1S/C12H24O/c1-9(2)10(3)5-6-12-7-11(4)13-8-12/h9-12H,5-8H2,1-4H3/t10-,11+,12-/m0/s1.